The minimum atomic E-state index is -0.946. The second-order valence-electron chi connectivity index (χ2n) is 19.9. The molecule has 7 nitrogen and oxygen atoms in total. The van der Waals surface area contributed by atoms with Crippen molar-refractivity contribution in [1.82, 2.24) is 5.32 Å². The van der Waals surface area contributed by atoms with Crippen molar-refractivity contribution in [3.05, 3.63) is 117 Å². The molecule has 0 aliphatic carbocycles. The number of allylic oxidation sites excluding steroid dienone is 14. The lowest BCUT2D eigenvalue weighted by Crippen LogP contribution is -2.48. The van der Waals surface area contributed by atoms with E-state index in [2.05, 4.69) is 103 Å². The number of rotatable bonds is 26. The Balaban J connectivity index is 2.02. The third kappa shape index (κ3) is 22.5. The van der Waals surface area contributed by atoms with Crippen molar-refractivity contribution < 1.29 is 28.6 Å². The highest BCUT2D eigenvalue weighted by atomic mass is 16.6. The summed E-state index contributed by atoms with van der Waals surface area (Å²) in [5.74, 6) is -0.356. The SMILES string of the molecule is CCC(=O)Oc1c(C/C=C(\C)CC/C=C(\C)CC/C=C(\C)CC/C=C(\C)CC/C=C(\C)CC/C=C(\C)CCC=C(C)C)c(C)c(OC(=O)[C@@H](NC(=O)OC(C)(C)C)C(C)C)c2ccccc12. The Hall–Kier alpha value is -4.91. The molecule has 0 aliphatic rings. The summed E-state index contributed by atoms with van der Waals surface area (Å²) in [6.07, 6.45) is 29.5. The molecule has 0 bridgehead atoms. The minimum Gasteiger partial charge on any atom is -0.444 e. The van der Waals surface area contributed by atoms with Crippen molar-refractivity contribution in [2.45, 2.75) is 205 Å². The van der Waals surface area contributed by atoms with E-state index in [1.54, 1.807) is 27.7 Å². The Morgan fingerprint density at radius 1 is 0.591 bits per heavy atom. The van der Waals surface area contributed by atoms with Crippen molar-refractivity contribution in [2.75, 3.05) is 0 Å². The summed E-state index contributed by atoms with van der Waals surface area (Å²) >= 11 is 0. The first-order valence-electron chi connectivity index (χ1n) is 24.6. The number of fused-ring (bicyclic) bond motifs is 1. The van der Waals surface area contributed by atoms with Crippen LogP contribution < -0.4 is 14.8 Å². The van der Waals surface area contributed by atoms with Gasteiger partial charge in [-0.3, -0.25) is 4.79 Å². The molecule has 364 valence electrons. The topological polar surface area (TPSA) is 90.9 Å². The fourth-order valence-corrected chi connectivity index (χ4v) is 7.54. The summed E-state index contributed by atoms with van der Waals surface area (Å²) in [6.45, 7) is 30.4. The third-order valence-electron chi connectivity index (χ3n) is 11.7. The molecule has 2 aromatic carbocycles. The molecule has 0 saturated carbocycles. The number of carbonyl (C=O) groups excluding carboxylic acids is 3. The first-order valence-corrected chi connectivity index (χ1v) is 24.6. The van der Waals surface area contributed by atoms with E-state index in [4.69, 9.17) is 14.2 Å². The van der Waals surface area contributed by atoms with E-state index in [0.29, 0.717) is 34.3 Å². The molecular formula is C59H87NO6. The minimum absolute atomic E-state index is 0.220. The van der Waals surface area contributed by atoms with Gasteiger partial charge in [-0.25, -0.2) is 9.59 Å². The highest BCUT2D eigenvalue weighted by Crippen LogP contribution is 2.42. The van der Waals surface area contributed by atoms with E-state index in [-0.39, 0.29) is 18.3 Å². The van der Waals surface area contributed by atoms with Crippen LogP contribution in [0.2, 0.25) is 0 Å². The maximum Gasteiger partial charge on any atom is 0.408 e. The Kier molecular flexibility index (Phi) is 25.7. The van der Waals surface area contributed by atoms with Crippen molar-refractivity contribution in [2.24, 2.45) is 5.92 Å². The molecule has 0 aliphatic heterocycles. The van der Waals surface area contributed by atoms with Crippen LogP contribution in [0.3, 0.4) is 0 Å². The number of hydrogen-bond acceptors (Lipinski definition) is 6. The van der Waals surface area contributed by atoms with Crippen LogP contribution >= 0.6 is 0 Å². The van der Waals surface area contributed by atoms with E-state index >= 15 is 0 Å². The van der Waals surface area contributed by atoms with Gasteiger partial charge in [0.25, 0.3) is 0 Å². The Morgan fingerprint density at radius 2 is 0.985 bits per heavy atom. The molecule has 0 fully saturated rings. The van der Waals surface area contributed by atoms with Gasteiger partial charge in [-0.05, 0) is 178 Å². The predicted octanol–water partition coefficient (Wildman–Crippen LogP) is 16.8. The van der Waals surface area contributed by atoms with E-state index in [9.17, 15) is 14.4 Å². The van der Waals surface area contributed by atoms with Crippen LogP contribution in [0.1, 0.15) is 192 Å². The molecule has 0 spiro atoms. The number of benzene rings is 2. The fraction of sp³-hybridized carbons (Fsp3) is 0.542. The zero-order valence-electron chi connectivity index (χ0n) is 43.9. The quantitative estimate of drug-likeness (QED) is 0.0574. The Labute approximate surface area is 401 Å². The lowest BCUT2D eigenvalue weighted by atomic mass is 9.95. The molecule has 0 unspecified atom stereocenters. The van der Waals surface area contributed by atoms with Crippen LogP contribution in [-0.4, -0.2) is 29.7 Å². The van der Waals surface area contributed by atoms with Crippen LogP contribution in [0.15, 0.2) is 106 Å². The molecule has 0 saturated heterocycles. The predicted molar refractivity (Wildman–Crippen MR) is 279 cm³/mol. The monoisotopic (exact) mass is 906 g/mol. The summed E-state index contributed by atoms with van der Waals surface area (Å²) in [7, 11) is 0. The summed E-state index contributed by atoms with van der Waals surface area (Å²) < 4.78 is 17.6. The summed E-state index contributed by atoms with van der Waals surface area (Å²) in [6, 6.07) is 6.52. The number of carbonyl (C=O) groups is 3. The van der Waals surface area contributed by atoms with Crippen LogP contribution in [-0.2, 0) is 20.7 Å². The second kappa shape index (κ2) is 29.7. The van der Waals surface area contributed by atoms with Gasteiger partial charge in [-0.1, -0.05) is 127 Å². The number of hydrogen-bond donors (Lipinski definition) is 1. The molecule has 1 atom stereocenters. The van der Waals surface area contributed by atoms with Gasteiger partial charge in [0.15, 0.2) is 0 Å². The van der Waals surface area contributed by atoms with E-state index < -0.39 is 23.7 Å². The van der Waals surface area contributed by atoms with Gasteiger partial charge < -0.3 is 19.5 Å². The standard InChI is InChI=1S/C59H87NO6/c1-16-53(61)64-56-50(49(12)55(51-37-17-18-38-52(51)56)65-57(62)54(42(4)5)60-58(63)66-59(13,14)15)40-39-48(11)36-24-35-47(10)34-23-33-46(9)32-22-31-45(8)30-21-29-44(7)28-20-27-43(6)26-19-25-41(2)3/h17-18,25,27,29,31,33,35,37-39,42,54H,16,19-24,26,28,30,32,34,36,40H2,1-15H3,(H,60,63)/b43-27+,44-29+,45-31+,46-33+,47-35+,48-39+/t54-/m0/s1. The van der Waals surface area contributed by atoms with Gasteiger partial charge in [0.1, 0.15) is 23.1 Å². The van der Waals surface area contributed by atoms with E-state index in [1.807, 2.05) is 45.0 Å². The van der Waals surface area contributed by atoms with Crippen LogP contribution in [0.5, 0.6) is 11.5 Å². The molecule has 66 heavy (non-hydrogen) atoms. The molecule has 1 amide bonds. The van der Waals surface area contributed by atoms with E-state index in [1.165, 1.54) is 39.0 Å². The molecule has 7 heteroatoms. The third-order valence-corrected chi connectivity index (χ3v) is 11.7. The number of esters is 2. The molecule has 2 aromatic rings. The first-order chi connectivity index (χ1) is 31.1. The Morgan fingerprint density at radius 3 is 1.36 bits per heavy atom. The molecule has 0 radical (unpaired) electrons. The van der Waals surface area contributed by atoms with Gasteiger partial charge in [0, 0.05) is 22.8 Å². The molecule has 0 aromatic heterocycles. The molecule has 1 N–H and O–H groups in total. The second-order valence-corrected chi connectivity index (χ2v) is 19.9. The lowest BCUT2D eigenvalue weighted by molar-refractivity contribution is -0.138. The first kappa shape index (κ1) is 57.2. The average Bonchev–Trinajstić information content (AvgIpc) is 3.22. The van der Waals surface area contributed by atoms with Crippen molar-refractivity contribution in [1.29, 1.82) is 0 Å². The van der Waals surface area contributed by atoms with Crippen molar-refractivity contribution in [3.63, 3.8) is 0 Å². The molecule has 2 rings (SSSR count). The largest absolute Gasteiger partial charge is 0.444 e. The van der Waals surface area contributed by atoms with Crippen LogP contribution in [0.25, 0.3) is 10.8 Å². The van der Waals surface area contributed by atoms with Gasteiger partial charge in [-0.15, -0.1) is 0 Å². The van der Waals surface area contributed by atoms with Gasteiger partial charge >= 0.3 is 18.0 Å². The van der Waals surface area contributed by atoms with Gasteiger partial charge in [0.2, 0.25) is 0 Å². The highest BCUT2D eigenvalue weighted by molar-refractivity contribution is 5.99. The zero-order chi connectivity index (χ0) is 49.4. The smallest absolute Gasteiger partial charge is 0.408 e. The van der Waals surface area contributed by atoms with Crippen molar-refractivity contribution >= 4 is 28.8 Å². The summed E-state index contributed by atoms with van der Waals surface area (Å²) in [4.78, 5) is 39.2. The molecule has 0 heterocycles. The van der Waals surface area contributed by atoms with Gasteiger partial charge in [-0.2, -0.15) is 0 Å². The maximum atomic E-state index is 13.8. The highest BCUT2D eigenvalue weighted by Gasteiger charge is 2.30. The Bertz CT molecular complexity index is 2130. The summed E-state index contributed by atoms with van der Waals surface area (Å²) in [5, 5.41) is 4.02. The average molecular weight is 906 g/mol. The van der Waals surface area contributed by atoms with Crippen molar-refractivity contribution in [3.8, 4) is 11.5 Å². The number of ether oxygens (including phenoxy) is 3. The van der Waals surface area contributed by atoms with Gasteiger partial charge in [0.05, 0.1) is 0 Å². The van der Waals surface area contributed by atoms with Crippen LogP contribution in [0.4, 0.5) is 4.79 Å². The number of amides is 1. The normalized spacial score (nSPS) is 13.8. The van der Waals surface area contributed by atoms with Crippen LogP contribution in [0, 0.1) is 12.8 Å². The maximum absolute atomic E-state index is 13.8. The lowest BCUT2D eigenvalue weighted by Gasteiger charge is -2.25. The fourth-order valence-electron chi connectivity index (χ4n) is 7.54. The van der Waals surface area contributed by atoms with E-state index in [0.717, 1.165) is 82.6 Å². The number of alkyl carbamates (subject to hydrolysis) is 1. The summed E-state index contributed by atoms with van der Waals surface area (Å²) in [5.41, 5.74) is 10.7. The molecular weight excluding hydrogens is 819 g/mol. The number of nitrogens with one attached hydrogen (secondary N) is 1. The zero-order valence-corrected chi connectivity index (χ0v) is 43.9.